The number of hydrogen-bond donors (Lipinski definition) is 3. The van der Waals surface area contributed by atoms with E-state index >= 15 is 0 Å². The fraction of sp³-hybridized carbons (Fsp3) is 0.226. The molecular weight excluding hydrogens is 551 g/mol. The molecule has 2 aromatic heterocycles. The average Bonchev–Trinajstić information content (AvgIpc) is 3.78. The van der Waals surface area contributed by atoms with Crippen molar-refractivity contribution in [2.24, 2.45) is 4.99 Å². The van der Waals surface area contributed by atoms with Gasteiger partial charge >= 0.3 is 7.40 Å². The highest BCUT2D eigenvalue weighted by Gasteiger charge is 2.28. The van der Waals surface area contributed by atoms with Crippen LogP contribution in [-0.4, -0.2) is 50.3 Å². The first-order chi connectivity index (χ1) is 20.9. The van der Waals surface area contributed by atoms with Crippen LogP contribution in [0, 0.1) is 0 Å². The second-order valence-corrected chi connectivity index (χ2v) is 10.2. The molecule has 1 unspecified atom stereocenters. The zero-order chi connectivity index (χ0) is 30.3. The van der Waals surface area contributed by atoms with Crippen molar-refractivity contribution < 1.29 is 18.5 Å². The number of aliphatic hydroxyl groups excluding tert-OH is 1. The van der Waals surface area contributed by atoms with E-state index in [4.69, 9.17) is 10.1 Å². The second kappa shape index (κ2) is 13.4. The number of hydrogen-bond acceptors (Lipinski definition) is 6. The van der Waals surface area contributed by atoms with Crippen molar-refractivity contribution in [1.29, 1.82) is 0 Å². The van der Waals surface area contributed by atoms with Gasteiger partial charge in [0, 0.05) is 29.4 Å². The van der Waals surface area contributed by atoms with Gasteiger partial charge in [-0.25, -0.2) is 9.67 Å². The third kappa shape index (κ3) is 6.81. The predicted octanol–water partition coefficient (Wildman–Crippen LogP) is 5.57. The number of carbonyl (C=O) groups is 1. The summed E-state index contributed by atoms with van der Waals surface area (Å²) in [6, 6.07) is 19.5. The van der Waals surface area contributed by atoms with Crippen LogP contribution in [0.2, 0.25) is 0 Å². The summed E-state index contributed by atoms with van der Waals surface area (Å²) < 4.78 is 31.9. The Morgan fingerprint density at radius 2 is 1.81 bits per heavy atom. The van der Waals surface area contributed by atoms with E-state index in [0.717, 1.165) is 28.6 Å². The van der Waals surface area contributed by atoms with E-state index < -0.39 is 19.9 Å². The van der Waals surface area contributed by atoms with Gasteiger partial charge in [0.25, 0.3) is 0 Å². The molecule has 12 heteroatoms. The maximum absolute atomic E-state index is 14.7. The number of nitrogens with zero attached hydrogens (tertiary/aromatic N) is 5. The maximum Gasteiger partial charge on any atom is 0.679 e. The number of halogens is 2. The highest BCUT2D eigenvalue weighted by Crippen LogP contribution is 2.34. The van der Waals surface area contributed by atoms with Gasteiger partial charge in [-0.1, -0.05) is 67.9 Å². The lowest BCUT2D eigenvalue weighted by molar-refractivity contribution is -0.118. The molecule has 9 nitrogen and oxygen atoms in total. The Morgan fingerprint density at radius 3 is 2.51 bits per heavy atom. The van der Waals surface area contributed by atoms with Gasteiger partial charge in [-0.05, 0) is 54.0 Å². The Bertz CT molecular complexity index is 1660. The second-order valence-electron chi connectivity index (χ2n) is 10.2. The van der Waals surface area contributed by atoms with E-state index in [9.17, 15) is 13.4 Å². The summed E-state index contributed by atoms with van der Waals surface area (Å²) in [5, 5.41) is 23.4. The van der Waals surface area contributed by atoms with Crippen molar-refractivity contribution in [3.63, 3.8) is 0 Å². The molecule has 0 saturated carbocycles. The maximum atomic E-state index is 14.7. The van der Waals surface area contributed by atoms with E-state index in [1.165, 1.54) is 0 Å². The first-order valence-electron chi connectivity index (χ1n) is 14.1. The van der Waals surface area contributed by atoms with Gasteiger partial charge in [-0.15, -0.1) is 5.10 Å². The van der Waals surface area contributed by atoms with Gasteiger partial charge in [-0.3, -0.25) is 13.4 Å². The summed E-state index contributed by atoms with van der Waals surface area (Å²) in [7, 11) is -2.84. The number of amides is 1. The van der Waals surface area contributed by atoms with E-state index in [2.05, 4.69) is 34.8 Å². The molecule has 1 aliphatic rings. The lowest BCUT2D eigenvalue weighted by Crippen LogP contribution is -2.19. The molecular formula is C31H32BF2N7O2. The molecule has 3 N–H and O–H groups in total. The van der Waals surface area contributed by atoms with Crippen LogP contribution < -0.4 is 10.6 Å². The number of aliphatic hydroxyl groups is 1. The minimum Gasteiger partial charge on any atom is -0.387 e. The molecule has 43 heavy (non-hydrogen) atoms. The molecule has 0 radical (unpaired) electrons. The third-order valence-corrected chi connectivity index (χ3v) is 7.14. The Balaban J connectivity index is 1.56. The molecule has 2 aromatic carbocycles. The van der Waals surface area contributed by atoms with Crippen molar-refractivity contribution in [1.82, 2.24) is 19.5 Å². The fourth-order valence-electron chi connectivity index (χ4n) is 4.96. The Morgan fingerprint density at radius 1 is 1.05 bits per heavy atom. The Labute approximate surface area is 248 Å². The SMILES string of the molecule is CCCC(C)c1cn(C2=N/C(=C(/c3ccc(NC(=O)CO)cc3)c3ccc(NCc4ccccc4)n3B(F)F)C=C2)nn1. The van der Waals surface area contributed by atoms with Gasteiger partial charge in [0.15, 0.2) is 5.84 Å². The summed E-state index contributed by atoms with van der Waals surface area (Å²) >= 11 is 0. The van der Waals surface area contributed by atoms with Gasteiger partial charge in [0.1, 0.15) is 6.61 Å². The number of anilines is 2. The average molecular weight is 583 g/mol. The van der Waals surface area contributed by atoms with Crippen molar-refractivity contribution in [2.45, 2.75) is 39.2 Å². The summed E-state index contributed by atoms with van der Waals surface area (Å²) in [5.41, 5.74) is 4.09. The predicted molar refractivity (Wildman–Crippen MR) is 165 cm³/mol. The fourth-order valence-corrected chi connectivity index (χ4v) is 4.96. The van der Waals surface area contributed by atoms with Crippen LogP contribution in [-0.2, 0) is 11.3 Å². The Hall–Kier alpha value is -4.84. The van der Waals surface area contributed by atoms with E-state index in [0.29, 0.717) is 34.9 Å². The molecule has 1 amide bonds. The molecule has 0 bridgehead atoms. The van der Waals surface area contributed by atoms with Crippen molar-refractivity contribution >= 4 is 36.2 Å². The monoisotopic (exact) mass is 583 g/mol. The summed E-state index contributed by atoms with van der Waals surface area (Å²) in [6.45, 7) is 3.94. The minimum atomic E-state index is -2.84. The zero-order valence-electron chi connectivity index (χ0n) is 23.9. The number of allylic oxidation sites excluding steroid dienone is 2. The third-order valence-electron chi connectivity index (χ3n) is 7.14. The molecule has 0 aliphatic carbocycles. The molecule has 0 saturated heterocycles. The molecule has 1 atom stereocenters. The number of benzene rings is 2. The molecule has 0 spiro atoms. The van der Waals surface area contributed by atoms with Crippen molar-refractivity contribution in [3.05, 3.63) is 113 Å². The highest BCUT2D eigenvalue weighted by atomic mass is 19.2. The lowest BCUT2D eigenvalue weighted by Gasteiger charge is -2.16. The first kappa shape index (κ1) is 29.7. The quantitative estimate of drug-likeness (QED) is 0.200. The van der Waals surface area contributed by atoms with E-state index in [-0.39, 0.29) is 17.4 Å². The van der Waals surface area contributed by atoms with Gasteiger partial charge in [-0.2, -0.15) is 0 Å². The number of aliphatic imine (C=N–C) groups is 1. The molecule has 220 valence electrons. The van der Waals surface area contributed by atoms with Gasteiger partial charge in [0.2, 0.25) is 5.91 Å². The largest absolute Gasteiger partial charge is 0.679 e. The zero-order valence-corrected chi connectivity index (χ0v) is 23.9. The number of nitrogens with one attached hydrogen (secondary N) is 2. The van der Waals surface area contributed by atoms with Crippen molar-refractivity contribution in [3.8, 4) is 0 Å². The smallest absolute Gasteiger partial charge is 0.387 e. The molecule has 1 aliphatic heterocycles. The molecule has 3 heterocycles. The molecule has 4 aromatic rings. The number of rotatable bonds is 11. The first-order valence-corrected chi connectivity index (χ1v) is 14.1. The molecule has 0 fully saturated rings. The standard InChI is InChI=1S/C31H32BF2N7O2/c1-3-7-21(2)26-19-40(39-38-26)29-16-14-25(37-29)31(23-10-12-24(13-11-23)36-30(43)20-42)27-15-17-28(41(27)32(33)34)35-18-22-8-5-4-6-9-22/h4-6,8-17,19,21,35,42H,3,7,18,20H2,1-2H3,(H,36,43)/b31-25-. The van der Waals surface area contributed by atoms with Gasteiger partial charge < -0.3 is 20.2 Å². The topological polar surface area (TPSA) is 109 Å². The van der Waals surface area contributed by atoms with Crippen LogP contribution in [0.25, 0.3) is 5.57 Å². The van der Waals surface area contributed by atoms with Crippen LogP contribution in [0.4, 0.5) is 20.1 Å². The van der Waals surface area contributed by atoms with E-state index in [1.54, 1.807) is 53.2 Å². The summed E-state index contributed by atoms with van der Waals surface area (Å²) in [4.78, 5) is 16.4. The summed E-state index contributed by atoms with van der Waals surface area (Å²) in [5.74, 6) is 0.465. The molecule has 5 rings (SSSR count). The summed E-state index contributed by atoms with van der Waals surface area (Å²) in [6.07, 6.45) is 7.40. The Kier molecular flexibility index (Phi) is 9.26. The van der Waals surface area contributed by atoms with Crippen LogP contribution >= 0.6 is 0 Å². The van der Waals surface area contributed by atoms with Crippen LogP contribution in [0.1, 0.15) is 55.1 Å². The number of aromatic nitrogens is 4. The highest BCUT2D eigenvalue weighted by molar-refractivity contribution is 6.42. The van der Waals surface area contributed by atoms with Gasteiger partial charge in [0.05, 0.1) is 23.4 Å². The van der Waals surface area contributed by atoms with E-state index in [1.807, 2.05) is 36.5 Å². The van der Waals surface area contributed by atoms with Crippen LogP contribution in [0.3, 0.4) is 0 Å². The number of carbonyl (C=O) groups excluding carboxylic acids is 1. The van der Waals surface area contributed by atoms with Crippen molar-refractivity contribution in [2.75, 3.05) is 17.2 Å². The van der Waals surface area contributed by atoms with Crippen LogP contribution in [0.5, 0.6) is 0 Å². The van der Waals surface area contributed by atoms with Crippen LogP contribution in [0.15, 0.2) is 95.8 Å². The normalized spacial score (nSPS) is 14.4. The minimum absolute atomic E-state index is 0.247. The lowest BCUT2D eigenvalue weighted by atomic mass is 9.98.